The normalized spacial score (nSPS) is 30.0. The summed E-state index contributed by atoms with van der Waals surface area (Å²) in [6.07, 6.45) is 13.2. The Balaban J connectivity index is 1.33. The molecule has 2 heterocycles. The van der Waals surface area contributed by atoms with Gasteiger partial charge in [0.15, 0.2) is 5.13 Å². The van der Waals surface area contributed by atoms with Crippen molar-refractivity contribution in [3.63, 3.8) is 0 Å². The van der Waals surface area contributed by atoms with Crippen LogP contribution in [0.5, 0.6) is 0 Å². The molecule has 1 saturated carbocycles. The fraction of sp³-hybridized carbons (Fsp3) is 0.647. The van der Waals surface area contributed by atoms with E-state index < -0.39 is 0 Å². The number of fused-ring (bicyclic) bond motifs is 2. The number of aromatic nitrogens is 1. The minimum atomic E-state index is 0.262. The number of anilines is 1. The Hall–Kier alpha value is -1.36. The Kier molecular flexibility index (Phi) is 3.90. The molecule has 3 unspecified atom stereocenters. The maximum absolute atomic E-state index is 12.3. The highest BCUT2D eigenvalue weighted by atomic mass is 32.1. The van der Waals surface area contributed by atoms with Gasteiger partial charge in [0.1, 0.15) is 0 Å². The Morgan fingerprint density at radius 1 is 1.27 bits per heavy atom. The second-order valence-electron chi connectivity index (χ2n) is 6.78. The molecule has 1 N–H and O–H groups in total. The predicted molar refractivity (Wildman–Crippen MR) is 89.0 cm³/mol. The van der Waals surface area contributed by atoms with Crippen LogP contribution in [0, 0.1) is 11.8 Å². The van der Waals surface area contributed by atoms with Gasteiger partial charge in [-0.25, -0.2) is 4.98 Å². The van der Waals surface area contributed by atoms with Crippen molar-refractivity contribution in [3.8, 4) is 0 Å². The fourth-order valence-corrected chi connectivity index (χ4v) is 4.83. The van der Waals surface area contributed by atoms with Gasteiger partial charge in [0.2, 0.25) is 5.91 Å². The average Bonchev–Trinajstić information content (AvgIpc) is 3.26. The number of carbonyl (C=O) groups is 1. The first-order valence-corrected chi connectivity index (χ1v) is 9.27. The topological polar surface area (TPSA) is 45.2 Å². The second-order valence-corrected chi connectivity index (χ2v) is 7.90. The number of nitrogens with one attached hydrogen (secondary N) is 1. The number of hydrogen-bond donors (Lipinski definition) is 1. The number of thiazole rings is 1. The van der Waals surface area contributed by atoms with Gasteiger partial charge in [-0.1, -0.05) is 12.2 Å². The quantitative estimate of drug-likeness (QED) is 0.868. The van der Waals surface area contributed by atoms with E-state index in [4.69, 9.17) is 0 Å². The molecule has 4 nitrogen and oxygen atoms in total. The van der Waals surface area contributed by atoms with Gasteiger partial charge in [-0.2, -0.15) is 0 Å². The minimum Gasteiger partial charge on any atom is -0.358 e. The van der Waals surface area contributed by atoms with Crippen molar-refractivity contribution < 1.29 is 4.79 Å². The van der Waals surface area contributed by atoms with E-state index >= 15 is 0 Å². The smallest absolute Gasteiger partial charge is 0.227 e. The van der Waals surface area contributed by atoms with Crippen LogP contribution >= 0.6 is 11.3 Å². The van der Waals surface area contributed by atoms with Gasteiger partial charge < -0.3 is 10.2 Å². The molecule has 22 heavy (non-hydrogen) atoms. The first-order valence-electron chi connectivity index (χ1n) is 8.45. The lowest BCUT2D eigenvalue weighted by molar-refractivity contribution is -0.131. The zero-order valence-electron chi connectivity index (χ0n) is 12.8. The molecular weight excluding hydrogens is 294 g/mol. The minimum absolute atomic E-state index is 0.262. The van der Waals surface area contributed by atoms with Gasteiger partial charge >= 0.3 is 0 Å². The molecule has 5 heteroatoms. The number of piperidine rings is 1. The van der Waals surface area contributed by atoms with Gasteiger partial charge in [0, 0.05) is 30.2 Å². The zero-order chi connectivity index (χ0) is 14.9. The summed E-state index contributed by atoms with van der Waals surface area (Å²) >= 11 is 1.65. The molecule has 0 spiro atoms. The molecular formula is C17H23N3OS. The highest BCUT2D eigenvalue weighted by molar-refractivity contribution is 7.15. The molecule has 3 aliphatic rings. The third-order valence-electron chi connectivity index (χ3n) is 5.18. The van der Waals surface area contributed by atoms with Crippen molar-refractivity contribution in [1.29, 1.82) is 0 Å². The summed E-state index contributed by atoms with van der Waals surface area (Å²) in [5.74, 6) is 1.70. The molecule has 2 aliphatic carbocycles. The van der Waals surface area contributed by atoms with Crippen LogP contribution in [0.1, 0.15) is 37.0 Å². The third-order valence-corrected chi connectivity index (χ3v) is 6.10. The van der Waals surface area contributed by atoms with Gasteiger partial charge in [-0.05, 0) is 43.9 Å². The van der Waals surface area contributed by atoms with E-state index in [1.807, 2.05) is 11.1 Å². The number of carbonyl (C=O) groups excluding carboxylic acids is 1. The Morgan fingerprint density at radius 3 is 2.86 bits per heavy atom. The summed E-state index contributed by atoms with van der Waals surface area (Å²) in [6.45, 7) is 1.86. The standard InChI is InChI=1S/C17H23N3OS/c21-16(20-6-2-1-3-7-20)10-14-11-18-17(22-14)19-15-9-12-4-5-13(15)8-12/h4-5,11-13,15H,1-3,6-10H2,(H,18,19). The third kappa shape index (κ3) is 2.91. The fourth-order valence-electron chi connectivity index (χ4n) is 3.97. The van der Waals surface area contributed by atoms with Crippen LogP contribution in [0.4, 0.5) is 5.13 Å². The van der Waals surface area contributed by atoms with E-state index in [9.17, 15) is 4.79 Å². The van der Waals surface area contributed by atoms with E-state index in [0.717, 1.165) is 41.9 Å². The van der Waals surface area contributed by atoms with Crippen molar-refractivity contribution >= 4 is 22.4 Å². The molecule has 1 saturated heterocycles. The predicted octanol–water partition coefficient (Wildman–Crippen LogP) is 3.07. The van der Waals surface area contributed by atoms with Crippen LogP contribution in [-0.2, 0) is 11.2 Å². The number of likely N-dealkylation sites (tertiary alicyclic amines) is 1. The van der Waals surface area contributed by atoms with Crippen LogP contribution in [0.3, 0.4) is 0 Å². The summed E-state index contributed by atoms with van der Waals surface area (Å²) < 4.78 is 0. The summed E-state index contributed by atoms with van der Waals surface area (Å²) in [6, 6.07) is 0.534. The maximum atomic E-state index is 12.3. The lowest BCUT2D eigenvalue weighted by Gasteiger charge is -2.26. The van der Waals surface area contributed by atoms with Gasteiger partial charge in [-0.3, -0.25) is 4.79 Å². The van der Waals surface area contributed by atoms with Gasteiger partial charge in [-0.15, -0.1) is 11.3 Å². The molecule has 1 aromatic rings. The summed E-state index contributed by atoms with van der Waals surface area (Å²) in [4.78, 5) is 19.9. The first kappa shape index (κ1) is 14.2. The van der Waals surface area contributed by atoms with Crippen LogP contribution in [-0.4, -0.2) is 34.9 Å². The van der Waals surface area contributed by atoms with E-state index in [-0.39, 0.29) is 5.91 Å². The molecule has 4 rings (SSSR count). The summed E-state index contributed by atoms with van der Waals surface area (Å²) in [5, 5.41) is 4.56. The van der Waals surface area contributed by atoms with Crippen molar-refractivity contribution in [1.82, 2.24) is 9.88 Å². The lowest BCUT2D eigenvalue weighted by atomic mass is 10.0. The van der Waals surface area contributed by atoms with Gasteiger partial charge in [0.25, 0.3) is 0 Å². The molecule has 2 fully saturated rings. The van der Waals surface area contributed by atoms with E-state index in [1.165, 1.54) is 19.3 Å². The summed E-state index contributed by atoms with van der Waals surface area (Å²) in [5.41, 5.74) is 0. The Labute approximate surface area is 135 Å². The van der Waals surface area contributed by atoms with Crippen molar-refractivity contribution in [2.45, 2.75) is 44.6 Å². The molecule has 0 radical (unpaired) electrons. The number of rotatable bonds is 4. The number of amides is 1. The van der Waals surface area contributed by atoms with Crippen molar-refractivity contribution in [2.75, 3.05) is 18.4 Å². The van der Waals surface area contributed by atoms with Crippen molar-refractivity contribution in [3.05, 3.63) is 23.2 Å². The highest BCUT2D eigenvalue weighted by Gasteiger charge is 2.35. The monoisotopic (exact) mass is 317 g/mol. The maximum Gasteiger partial charge on any atom is 0.227 e. The Bertz CT molecular complexity index is 576. The molecule has 3 atom stereocenters. The van der Waals surface area contributed by atoms with E-state index in [0.29, 0.717) is 18.4 Å². The average molecular weight is 317 g/mol. The highest BCUT2D eigenvalue weighted by Crippen LogP contribution is 2.40. The number of hydrogen-bond acceptors (Lipinski definition) is 4. The number of nitrogens with zero attached hydrogens (tertiary/aromatic N) is 2. The Morgan fingerprint density at radius 2 is 2.14 bits per heavy atom. The first-order chi connectivity index (χ1) is 10.8. The van der Waals surface area contributed by atoms with E-state index in [2.05, 4.69) is 22.5 Å². The molecule has 118 valence electrons. The molecule has 1 aromatic heterocycles. The molecule has 1 amide bonds. The SMILES string of the molecule is O=C(Cc1cnc(NC2CC3C=CC2C3)s1)N1CCCCC1. The molecule has 0 aromatic carbocycles. The van der Waals surface area contributed by atoms with Gasteiger partial charge in [0.05, 0.1) is 6.42 Å². The second kappa shape index (κ2) is 6.03. The largest absolute Gasteiger partial charge is 0.358 e. The van der Waals surface area contributed by atoms with Crippen LogP contribution in [0.15, 0.2) is 18.3 Å². The molecule has 2 bridgehead atoms. The number of allylic oxidation sites excluding steroid dienone is 1. The van der Waals surface area contributed by atoms with Crippen LogP contribution < -0.4 is 5.32 Å². The summed E-state index contributed by atoms with van der Waals surface area (Å²) in [7, 11) is 0. The van der Waals surface area contributed by atoms with Crippen LogP contribution in [0.2, 0.25) is 0 Å². The van der Waals surface area contributed by atoms with Crippen molar-refractivity contribution in [2.24, 2.45) is 11.8 Å². The van der Waals surface area contributed by atoms with Crippen LogP contribution in [0.25, 0.3) is 0 Å². The van der Waals surface area contributed by atoms with E-state index in [1.54, 1.807) is 11.3 Å². The molecule has 1 aliphatic heterocycles. The lowest BCUT2D eigenvalue weighted by Crippen LogP contribution is -2.36. The zero-order valence-corrected chi connectivity index (χ0v) is 13.6.